The van der Waals surface area contributed by atoms with Crippen LogP contribution < -0.4 is 15.4 Å². The predicted octanol–water partition coefficient (Wildman–Crippen LogP) is 4.24. The average Bonchev–Trinajstić information content (AvgIpc) is 2.67. The largest absolute Gasteiger partial charge is 0.497 e. The van der Waals surface area contributed by atoms with E-state index >= 15 is 0 Å². The van der Waals surface area contributed by atoms with Crippen LogP contribution in [0.15, 0.2) is 59.1 Å². The Labute approximate surface area is 160 Å². The molecule has 0 atom stereocenters. The Morgan fingerprint density at radius 2 is 1.96 bits per heavy atom. The molecule has 2 N–H and O–H groups in total. The number of methoxy groups -OCH3 is 1. The van der Waals surface area contributed by atoms with E-state index in [1.165, 1.54) is 0 Å². The monoisotopic (exact) mass is 413 g/mol. The second-order valence-electron chi connectivity index (χ2n) is 5.77. The minimum absolute atomic E-state index is 0.125. The molecule has 0 saturated heterocycles. The van der Waals surface area contributed by atoms with Crippen LogP contribution in [0, 0.1) is 0 Å². The van der Waals surface area contributed by atoms with Gasteiger partial charge in [-0.25, -0.2) is 4.98 Å². The molecule has 134 valence electrons. The number of pyridine rings is 1. The van der Waals surface area contributed by atoms with E-state index in [1.807, 2.05) is 36.4 Å². The zero-order valence-corrected chi connectivity index (χ0v) is 16.0. The smallest absolute Gasteiger partial charge is 0.252 e. The summed E-state index contributed by atoms with van der Waals surface area (Å²) >= 11 is 3.40. The van der Waals surface area contributed by atoms with E-state index in [1.54, 1.807) is 25.3 Å². The number of carbonyl (C=O) groups is 1. The van der Waals surface area contributed by atoms with Crippen LogP contribution in [0.4, 0.5) is 5.82 Å². The van der Waals surface area contributed by atoms with Gasteiger partial charge in [0.1, 0.15) is 11.6 Å². The Morgan fingerprint density at radius 3 is 2.81 bits per heavy atom. The van der Waals surface area contributed by atoms with Crippen LogP contribution in [0.25, 0.3) is 10.9 Å². The van der Waals surface area contributed by atoms with Gasteiger partial charge in [-0.05, 0) is 58.7 Å². The Balaban J connectivity index is 1.47. The molecule has 26 heavy (non-hydrogen) atoms. The lowest BCUT2D eigenvalue weighted by molar-refractivity contribution is 0.0952. The zero-order valence-electron chi connectivity index (χ0n) is 14.5. The van der Waals surface area contributed by atoms with E-state index in [0.717, 1.165) is 34.2 Å². The molecule has 3 rings (SSSR count). The quantitative estimate of drug-likeness (QED) is 0.568. The number of benzene rings is 2. The summed E-state index contributed by atoms with van der Waals surface area (Å²) in [6.45, 7) is 1.30. The number of ether oxygens (including phenoxy) is 1. The number of amides is 1. The summed E-state index contributed by atoms with van der Waals surface area (Å²) in [5.74, 6) is 1.37. The average molecular weight is 414 g/mol. The van der Waals surface area contributed by atoms with Crippen LogP contribution in [0.1, 0.15) is 16.8 Å². The van der Waals surface area contributed by atoms with Gasteiger partial charge >= 0.3 is 0 Å². The number of para-hydroxylation sites is 1. The minimum Gasteiger partial charge on any atom is -0.497 e. The second-order valence-corrected chi connectivity index (χ2v) is 6.63. The van der Waals surface area contributed by atoms with Crippen molar-refractivity contribution in [3.63, 3.8) is 0 Å². The fourth-order valence-electron chi connectivity index (χ4n) is 2.57. The molecular formula is C20H20BrN3O2. The van der Waals surface area contributed by atoms with Crippen molar-refractivity contribution in [2.45, 2.75) is 6.42 Å². The number of fused-ring (bicyclic) bond motifs is 1. The number of aromatic nitrogens is 1. The molecule has 1 heterocycles. The molecule has 0 aliphatic heterocycles. The normalized spacial score (nSPS) is 10.5. The summed E-state index contributed by atoms with van der Waals surface area (Å²) in [6.07, 6.45) is 0.793. The van der Waals surface area contributed by atoms with Gasteiger partial charge in [-0.15, -0.1) is 0 Å². The maximum absolute atomic E-state index is 12.3. The van der Waals surface area contributed by atoms with Gasteiger partial charge in [0.25, 0.3) is 5.91 Å². The molecule has 6 heteroatoms. The fourth-order valence-corrected chi connectivity index (χ4v) is 3.00. The van der Waals surface area contributed by atoms with Gasteiger partial charge in [0.15, 0.2) is 0 Å². The van der Waals surface area contributed by atoms with Gasteiger partial charge in [0.2, 0.25) is 0 Å². The number of anilines is 1. The maximum Gasteiger partial charge on any atom is 0.252 e. The van der Waals surface area contributed by atoms with Crippen molar-refractivity contribution < 1.29 is 9.53 Å². The first-order valence-corrected chi connectivity index (χ1v) is 9.18. The van der Waals surface area contributed by atoms with Crippen molar-refractivity contribution in [2.24, 2.45) is 0 Å². The van der Waals surface area contributed by atoms with Gasteiger partial charge in [0.05, 0.1) is 18.2 Å². The first-order valence-electron chi connectivity index (χ1n) is 8.39. The second kappa shape index (κ2) is 8.67. The third-order valence-corrected chi connectivity index (χ3v) is 4.65. The van der Waals surface area contributed by atoms with E-state index < -0.39 is 0 Å². The number of carbonyl (C=O) groups excluding carboxylic acids is 1. The molecule has 1 aromatic heterocycles. The lowest BCUT2D eigenvalue weighted by Gasteiger charge is -2.10. The first kappa shape index (κ1) is 18.2. The van der Waals surface area contributed by atoms with Gasteiger partial charge < -0.3 is 15.4 Å². The molecule has 5 nitrogen and oxygen atoms in total. The Bertz CT molecular complexity index is 914. The van der Waals surface area contributed by atoms with Gasteiger partial charge in [0, 0.05) is 22.9 Å². The lowest BCUT2D eigenvalue weighted by atomic mass is 10.2. The van der Waals surface area contributed by atoms with Crippen LogP contribution in [-0.2, 0) is 0 Å². The number of hydrogen-bond donors (Lipinski definition) is 2. The molecule has 0 unspecified atom stereocenters. The Morgan fingerprint density at radius 1 is 1.12 bits per heavy atom. The first-order chi connectivity index (χ1) is 12.7. The summed E-state index contributed by atoms with van der Waals surface area (Å²) in [5, 5.41) is 7.33. The highest BCUT2D eigenvalue weighted by Crippen LogP contribution is 2.22. The van der Waals surface area contributed by atoms with E-state index in [0.29, 0.717) is 17.9 Å². The predicted molar refractivity (Wildman–Crippen MR) is 108 cm³/mol. The van der Waals surface area contributed by atoms with Crippen molar-refractivity contribution in [3.05, 3.63) is 64.6 Å². The molecule has 0 aliphatic rings. The fraction of sp³-hybridized carbons (Fsp3) is 0.200. The number of halogens is 1. The van der Waals surface area contributed by atoms with Crippen molar-refractivity contribution in [1.29, 1.82) is 0 Å². The Kier molecular flexibility index (Phi) is 6.07. The summed E-state index contributed by atoms with van der Waals surface area (Å²) in [5.41, 5.74) is 1.53. The lowest BCUT2D eigenvalue weighted by Crippen LogP contribution is -2.26. The third-order valence-electron chi connectivity index (χ3n) is 3.96. The molecule has 3 aromatic rings. The van der Waals surface area contributed by atoms with Crippen molar-refractivity contribution in [2.75, 3.05) is 25.5 Å². The van der Waals surface area contributed by atoms with Crippen LogP contribution in [-0.4, -0.2) is 31.1 Å². The van der Waals surface area contributed by atoms with Crippen molar-refractivity contribution in [1.82, 2.24) is 10.3 Å². The molecule has 0 aliphatic carbocycles. The Hall–Kier alpha value is -2.60. The number of nitrogens with zero attached hydrogens (tertiary/aromatic N) is 1. The van der Waals surface area contributed by atoms with Crippen molar-refractivity contribution >= 4 is 38.6 Å². The van der Waals surface area contributed by atoms with Crippen LogP contribution in [0.2, 0.25) is 0 Å². The number of hydrogen-bond acceptors (Lipinski definition) is 4. The summed E-state index contributed by atoms with van der Waals surface area (Å²) in [6, 6.07) is 17.4. The van der Waals surface area contributed by atoms with Crippen LogP contribution in [0.3, 0.4) is 0 Å². The third kappa shape index (κ3) is 4.52. The molecule has 0 radical (unpaired) electrons. The van der Waals surface area contributed by atoms with Gasteiger partial charge in [-0.2, -0.15) is 0 Å². The summed E-state index contributed by atoms with van der Waals surface area (Å²) < 4.78 is 5.91. The van der Waals surface area contributed by atoms with E-state index in [2.05, 4.69) is 31.5 Å². The van der Waals surface area contributed by atoms with Crippen LogP contribution in [0.5, 0.6) is 5.75 Å². The van der Waals surface area contributed by atoms with Crippen LogP contribution >= 0.6 is 15.9 Å². The topological polar surface area (TPSA) is 63.2 Å². The number of nitrogens with one attached hydrogen (secondary N) is 2. The zero-order chi connectivity index (χ0) is 18.4. The molecule has 0 spiro atoms. The van der Waals surface area contributed by atoms with Crippen molar-refractivity contribution in [3.8, 4) is 5.75 Å². The highest BCUT2D eigenvalue weighted by molar-refractivity contribution is 9.10. The minimum atomic E-state index is -0.125. The van der Waals surface area contributed by atoms with E-state index in [-0.39, 0.29) is 5.91 Å². The highest BCUT2D eigenvalue weighted by Gasteiger charge is 2.10. The molecule has 1 amide bonds. The molecule has 0 saturated carbocycles. The van der Waals surface area contributed by atoms with E-state index in [4.69, 9.17) is 4.74 Å². The van der Waals surface area contributed by atoms with E-state index in [9.17, 15) is 4.79 Å². The molecule has 2 aromatic carbocycles. The molecule has 0 bridgehead atoms. The number of rotatable bonds is 7. The maximum atomic E-state index is 12.3. The SMILES string of the molecule is COc1ccc(Br)c(C(=O)NCCCNc2ccc3ccccc3n2)c1. The van der Waals surface area contributed by atoms with Gasteiger partial charge in [-0.1, -0.05) is 18.2 Å². The summed E-state index contributed by atoms with van der Waals surface area (Å²) in [7, 11) is 1.58. The molecule has 0 fully saturated rings. The highest BCUT2D eigenvalue weighted by atomic mass is 79.9. The standard InChI is InChI=1S/C20H20BrN3O2/c1-26-15-8-9-17(21)16(13-15)20(25)23-12-4-11-22-19-10-7-14-5-2-3-6-18(14)24-19/h2-3,5-10,13H,4,11-12H2,1H3,(H,22,24)(H,23,25). The summed E-state index contributed by atoms with van der Waals surface area (Å²) in [4.78, 5) is 16.9. The molecular weight excluding hydrogens is 394 g/mol. The van der Waals surface area contributed by atoms with Gasteiger partial charge in [-0.3, -0.25) is 4.79 Å².